The van der Waals surface area contributed by atoms with E-state index in [-0.39, 0.29) is 5.56 Å². The van der Waals surface area contributed by atoms with Crippen molar-refractivity contribution in [2.75, 3.05) is 0 Å². The Morgan fingerprint density at radius 2 is 1.53 bits per heavy atom. The van der Waals surface area contributed by atoms with Crippen LogP contribution >= 0.6 is 0 Å². The maximum atomic E-state index is 12.9. The molecule has 1 aromatic carbocycles. The van der Waals surface area contributed by atoms with Crippen LogP contribution in [0.5, 0.6) is 0 Å². The van der Waals surface area contributed by atoms with Gasteiger partial charge in [0.15, 0.2) is 0 Å². The molecule has 0 aliphatic carbocycles. The third-order valence-corrected chi connectivity index (χ3v) is 1.76. The van der Waals surface area contributed by atoms with Crippen LogP contribution in [0.4, 0.5) is 8.78 Å². The first-order valence-corrected chi connectivity index (χ1v) is 3.80. The Morgan fingerprint density at radius 3 is 1.87 bits per heavy atom. The summed E-state index contributed by atoms with van der Waals surface area (Å²) in [6.45, 7) is 0. The summed E-state index contributed by atoms with van der Waals surface area (Å²) in [6, 6.07) is 3.40. The van der Waals surface area contributed by atoms with E-state index in [0.717, 1.165) is 24.3 Å². The van der Waals surface area contributed by atoms with Crippen LogP contribution in [-0.4, -0.2) is 22.2 Å². The van der Waals surface area contributed by atoms with Gasteiger partial charge in [0.2, 0.25) is 0 Å². The van der Waals surface area contributed by atoms with Crippen molar-refractivity contribution in [3.63, 3.8) is 0 Å². The Bertz CT molecular complexity index is 397. The molecule has 80 valence electrons. The zero-order chi connectivity index (χ0) is 11.6. The molecule has 4 nitrogen and oxygen atoms in total. The van der Waals surface area contributed by atoms with Gasteiger partial charge in [-0.1, -0.05) is 12.1 Å². The molecule has 0 heterocycles. The fourth-order valence-electron chi connectivity index (χ4n) is 0.946. The highest BCUT2D eigenvalue weighted by molar-refractivity contribution is 5.87. The van der Waals surface area contributed by atoms with Gasteiger partial charge in [0.1, 0.15) is 0 Å². The van der Waals surface area contributed by atoms with Gasteiger partial charge in [0.05, 0.1) is 5.56 Å². The van der Waals surface area contributed by atoms with E-state index in [1.807, 2.05) is 0 Å². The van der Waals surface area contributed by atoms with Crippen LogP contribution in [0.1, 0.15) is 15.9 Å². The third-order valence-electron chi connectivity index (χ3n) is 1.76. The molecule has 0 amide bonds. The Morgan fingerprint density at radius 1 is 1.07 bits per heavy atom. The first kappa shape index (κ1) is 11.1. The van der Waals surface area contributed by atoms with Gasteiger partial charge in [-0.3, -0.25) is 0 Å². The molecule has 0 saturated carbocycles. The van der Waals surface area contributed by atoms with Gasteiger partial charge in [0.25, 0.3) is 0 Å². The van der Waals surface area contributed by atoms with Crippen LogP contribution in [0.3, 0.4) is 0 Å². The second-order valence-corrected chi connectivity index (χ2v) is 2.76. The van der Waals surface area contributed by atoms with Crippen LogP contribution in [0.25, 0.3) is 0 Å². The van der Waals surface area contributed by atoms with Gasteiger partial charge in [-0.05, 0) is 12.1 Å². The van der Waals surface area contributed by atoms with Gasteiger partial charge in [0, 0.05) is 5.56 Å². The molecule has 15 heavy (non-hydrogen) atoms. The fourth-order valence-corrected chi connectivity index (χ4v) is 0.946. The summed E-state index contributed by atoms with van der Waals surface area (Å²) in [5, 5.41) is 16.7. The molecule has 0 aliphatic heterocycles. The number of hydrogen-bond acceptors (Lipinski definition) is 2. The maximum absolute atomic E-state index is 12.9. The number of alkyl halides is 2. The summed E-state index contributed by atoms with van der Waals surface area (Å²) in [4.78, 5) is 20.6. The third kappa shape index (κ3) is 2.09. The summed E-state index contributed by atoms with van der Waals surface area (Å²) < 4.78 is 25.7. The summed E-state index contributed by atoms with van der Waals surface area (Å²) in [6.07, 6.45) is 0. The molecule has 0 bridgehead atoms. The normalized spacial score (nSPS) is 11.1. The lowest BCUT2D eigenvalue weighted by Gasteiger charge is -2.10. The topological polar surface area (TPSA) is 74.6 Å². The molecule has 0 spiro atoms. The zero-order valence-corrected chi connectivity index (χ0v) is 7.28. The smallest absolute Gasteiger partial charge is 0.379 e. The second kappa shape index (κ2) is 3.64. The van der Waals surface area contributed by atoms with Crippen molar-refractivity contribution >= 4 is 11.9 Å². The van der Waals surface area contributed by atoms with Crippen LogP contribution in [0, 0.1) is 0 Å². The lowest BCUT2D eigenvalue weighted by Crippen LogP contribution is -2.25. The molecule has 0 unspecified atom stereocenters. The molecule has 1 aromatic rings. The highest BCUT2D eigenvalue weighted by Gasteiger charge is 2.40. The first-order chi connectivity index (χ1) is 6.85. The Labute approximate surface area is 82.8 Å². The molecule has 0 aliphatic rings. The second-order valence-electron chi connectivity index (χ2n) is 2.76. The molecular weight excluding hydrogens is 210 g/mol. The van der Waals surface area contributed by atoms with Gasteiger partial charge >= 0.3 is 17.9 Å². The first-order valence-electron chi connectivity index (χ1n) is 3.80. The predicted octanol–water partition coefficient (Wildman–Crippen LogP) is 1.56. The van der Waals surface area contributed by atoms with Crippen molar-refractivity contribution in [1.29, 1.82) is 0 Å². The standard InChI is InChI=1S/C9H6F2O4/c10-9(11,8(14)15)6-3-1-5(2-4-6)7(12)13/h1-4H,(H,12,13)(H,14,15). The van der Waals surface area contributed by atoms with E-state index in [1.165, 1.54) is 0 Å². The zero-order valence-electron chi connectivity index (χ0n) is 7.28. The van der Waals surface area contributed by atoms with Crippen molar-refractivity contribution < 1.29 is 28.6 Å². The Kier molecular flexibility index (Phi) is 2.69. The highest BCUT2D eigenvalue weighted by atomic mass is 19.3. The Balaban J connectivity index is 3.09. The van der Waals surface area contributed by atoms with E-state index in [0.29, 0.717) is 0 Å². The van der Waals surface area contributed by atoms with Crippen molar-refractivity contribution in [1.82, 2.24) is 0 Å². The number of rotatable bonds is 3. The van der Waals surface area contributed by atoms with Crippen LogP contribution < -0.4 is 0 Å². The lowest BCUT2D eigenvalue weighted by molar-refractivity contribution is -0.166. The molecule has 0 atom stereocenters. The van der Waals surface area contributed by atoms with Gasteiger partial charge < -0.3 is 10.2 Å². The molecule has 2 N–H and O–H groups in total. The molecule has 0 fully saturated rings. The van der Waals surface area contributed by atoms with Crippen LogP contribution in [-0.2, 0) is 10.7 Å². The summed E-state index contributed by atoms with van der Waals surface area (Å²) >= 11 is 0. The number of halogens is 2. The SMILES string of the molecule is O=C(O)c1ccc(C(F)(F)C(=O)O)cc1. The average molecular weight is 216 g/mol. The van der Waals surface area contributed by atoms with E-state index in [4.69, 9.17) is 10.2 Å². The maximum Gasteiger partial charge on any atom is 0.379 e. The number of carbonyl (C=O) groups is 2. The predicted molar refractivity (Wildman–Crippen MR) is 44.9 cm³/mol. The molecular formula is C9H6F2O4. The molecule has 0 saturated heterocycles. The van der Waals surface area contributed by atoms with Crippen molar-refractivity contribution in [2.45, 2.75) is 5.92 Å². The van der Waals surface area contributed by atoms with Crippen LogP contribution in [0.2, 0.25) is 0 Å². The van der Waals surface area contributed by atoms with E-state index < -0.39 is 23.4 Å². The summed E-state index contributed by atoms with van der Waals surface area (Å²) in [7, 11) is 0. The number of carboxylic acid groups (broad SMARTS) is 2. The number of benzene rings is 1. The lowest BCUT2D eigenvalue weighted by atomic mass is 10.1. The largest absolute Gasteiger partial charge is 0.478 e. The minimum Gasteiger partial charge on any atom is -0.478 e. The molecule has 6 heteroatoms. The Hall–Kier alpha value is -1.98. The number of aromatic carboxylic acids is 1. The van der Waals surface area contributed by atoms with E-state index >= 15 is 0 Å². The fraction of sp³-hybridized carbons (Fsp3) is 0.111. The van der Waals surface area contributed by atoms with Crippen molar-refractivity contribution in [3.8, 4) is 0 Å². The minimum atomic E-state index is -4.00. The van der Waals surface area contributed by atoms with Crippen molar-refractivity contribution in [2.24, 2.45) is 0 Å². The monoisotopic (exact) mass is 216 g/mol. The number of aliphatic carboxylic acids is 1. The van der Waals surface area contributed by atoms with E-state index in [1.54, 1.807) is 0 Å². The molecule has 1 rings (SSSR count). The highest BCUT2D eigenvalue weighted by Crippen LogP contribution is 2.28. The summed E-state index contributed by atoms with van der Waals surface area (Å²) in [5.74, 6) is -7.54. The molecule has 0 radical (unpaired) electrons. The number of hydrogen-bond donors (Lipinski definition) is 2. The quantitative estimate of drug-likeness (QED) is 0.803. The molecule has 0 aromatic heterocycles. The summed E-state index contributed by atoms with van der Waals surface area (Å²) in [5.41, 5.74) is -0.931. The van der Waals surface area contributed by atoms with Crippen molar-refractivity contribution in [3.05, 3.63) is 35.4 Å². The van der Waals surface area contributed by atoms with Gasteiger partial charge in [-0.15, -0.1) is 0 Å². The van der Waals surface area contributed by atoms with Gasteiger partial charge in [-0.2, -0.15) is 8.78 Å². The minimum absolute atomic E-state index is 0.181. The van der Waals surface area contributed by atoms with Gasteiger partial charge in [-0.25, -0.2) is 9.59 Å². The number of carboxylic acids is 2. The van der Waals surface area contributed by atoms with Crippen LogP contribution in [0.15, 0.2) is 24.3 Å². The average Bonchev–Trinajstić information content (AvgIpc) is 2.17. The van der Waals surface area contributed by atoms with E-state index in [2.05, 4.69) is 0 Å². The van der Waals surface area contributed by atoms with E-state index in [9.17, 15) is 18.4 Å².